The van der Waals surface area contributed by atoms with Crippen molar-refractivity contribution in [3.63, 3.8) is 0 Å². The molecule has 8 N–H and O–H groups in total. The second kappa shape index (κ2) is 12.2. The fourth-order valence-corrected chi connectivity index (χ4v) is 4.51. The van der Waals surface area contributed by atoms with E-state index in [0.717, 1.165) is 0 Å². The summed E-state index contributed by atoms with van der Waals surface area (Å²) < 4.78 is 5.33. The molecular formula is C25H40N6O6. The van der Waals surface area contributed by atoms with Crippen LogP contribution in [0.5, 0.6) is 0 Å². The number of nitrogens with zero attached hydrogens (tertiary/aromatic N) is 2. The van der Waals surface area contributed by atoms with Gasteiger partial charge in [0.2, 0.25) is 5.91 Å². The molecule has 0 spiro atoms. The van der Waals surface area contributed by atoms with Gasteiger partial charge in [0.1, 0.15) is 17.1 Å². The van der Waals surface area contributed by atoms with Gasteiger partial charge >= 0.3 is 11.9 Å². The number of amides is 1. The summed E-state index contributed by atoms with van der Waals surface area (Å²) in [4.78, 5) is 53.2. The van der Waals surface area contributed by atoms with E-state index in [1.54, 1.807) is 20.8 Å². The SMILES string of the molecule is CC(C)(C)OC(=O)CN1CCCC(C(C)(C)C)C1(C(=O)O)C(=O)CN.N=C(N)c1ccc(C(N)=O)cn1. The Morgan fingerprint density at radius 2 is 1.76 bits per heavy atom. The average Bonchev–Trinajstić information content (AvgIpc) is 2.76. The normalized spacial score (nSPS) is 20.2. The van der Waals surface area contributed by atoms with Crippen molar-refractivity contribution in [2.45, 2.75) is 65.5 Å². The number of nitrogen functional groups attached to an aromatic ring is 1. The van der Waals surface area contributed by atoms with Gasteiger partial charge in [0, 0.05) is 18.7 Å². The molecule has 1 amide bonds. The Morgan fingerprint density at radius 1 is 1.16 bits per heavy atom. The number of rotatable bonds is 7. The summed E-state index contributed by atoms with van der Waals surface area (Å²) >= 11 is 0. The Kier molecular flexibility index (Phi) is 10.5. The minimum atomic E-state index is -1.80. The molecule has 1 fully saturated rings. The van der Waals surface area contributed by atoms with Crippen LogP contribution in [0.15, 0.2) is 18.3 Å². The molecule has 2 rings (SSSR count). The van der Waals surface area contributed by atoms with Crippen LogP contribution >= 0.6 is 0 Å². The van der Waals surface area contributed by atoms with Crippen LogP contribution in [0.25, 0.3) is 0 Å². The minimum absolute atomic E-state index is 0.133. The van der Waals surface area contributed by atoms with Gasteiger partial charge in [-0.25, -0.2) is 4.79 Å². The van der Waals surface area contributed by atoms with Crippen molar-refractivity contribution >= 4 is 29.5 Å². The van der Waals surface area contributed by atoms with Crippen LogP contribution in [-0.2, 0) is 19.1 Å². The molecule has 0 bridgehead atoms. The summed E-state index contributed by atoms with van der Waals surface area (Å²) in [6, 6.07) is 2.95. The van der Waals surface area contributed by atoms with Crippen molar-refractivity contribution in [2.75, 3.05) is 19.6 Å². The minimum Gasteiger partial charge on any atom is -0.480 e. The second-order valence-electron chi connectivity index (χ2n) is 11.0. The molecule has 1 aromatic heterocycles. The Bertz CT molecular complexity index is 979. The predicted molar refractivity (Wildman–Crippen MR) is 138 cm³/mol. The zero-order chi connectivity index (χ0) is 28.8. The topological polar surface area (TPSA) is 216 Å². The first-order valence-electron chi connectivity index (χ1n) is 11.9. The number of amidine groups is 1. The van der Waals surface area contributed by atoms with Crippen molar-refractivity contribution in [3.8, 4) is 0 Å². The lowest BCUT2D eigenvalue weighted by atomic mass is 9.62. The van der Waals surface area contributed by atoms with E-state index in [9.17, 15) is 24.3 Å². The summed E-state index contributed by atoms with van der Waals surface area (Å²) in [5.41, 5.74) is 13.4. The maximum Gasteiger partial charge on any atom is 0.332 e. The number of Topliss-reactive ketones (excluding diaryl/α,β-unsaturated/α-hetero) is 1. The standard InChI is InChI=1S/C18H32N2O5.C7H8N4O/c1-16(2,3)12-8-7-9-20(11-14(22)25-17(4,5)6)18(12,15(23)24)13(21)10-19;8-6(9)5-2-1-4(3-11-5)7(10)12/h12H,7-11,19H2,1-6H3,(H,23,24);1-3H,(H3,8,9)(H2,10,12). The first kappa shape index (κ1) is 31.6. The largest absolute Gasteiger partial charge is 0.480 e. The van der Waals surface area contributed by atoms with Gasteiger partial charge < -0.3 is 27.0 Å². The smallest absolute Gasteiger partial charge is 0.332 e. The first-order valence-corrected chi connectivity index (χ1v) is 11.9. The fraction of sp³-hybridized carbons (Fsp3) is 0.600. The molecule has 0 aromatic carbocycles. The molecule has 12 nitrogen and oxygen atoms in total. The van der Waals surface area contributed by atoms with E-state index in [2.05, 4.69) is 4.98 Å². The molecule has 1 aliphatic heterocycles. The van der Waals surface area contributed by atoms with E-state index in [0.29, 0.717) is 30.6 Å². The quantitative estimate of drug-likeness (QED) is 0.148. The third-order valence-corrected chi connectivity index (χ3v) is 5.97. The van der Waals surface area contributed by atoms with Gasteiger partial charge in [0.05, 0.1) is 18.7 Å². The Labute approximate surface area is 217 Å². The summed E-state index contributed by atoms with van der Waals surface area (Å²) in [6.07, 6.45) is 2.59. The van der Waals surface area contributed by atoms with Gasteiger partial charge in [-0.1, -0.05) is 20.8 Å². The Hall–Kier alpha value is -3.38. The highest BCUT2D eigenvalue weighted by Gasteiger charge is 2.60. The predicted octanol–water partition coefficient (Wildman–Crippen LogP) is 0.902. The highest BCUT2D eigenvalue weighted by Crippen LogP contribution is 2.45. The number of esters is 1. The number of aliphatic carboxylic acids is 1. The molecule has 0 radical (unpaired) electrons. The molecule has 37 heavy (non-hydrogen) atoms. The van der Waals surface area contributed by atoms with Crippen molar-refractivity contribution < 1.29 is 29.0 Å². The van der Waals surface area contributed by atoms with Crippen molar-refractivity contribution in [3.05, 3.63) is 29.6 Å². The number of piperidine rings is 1. The molecule has 206 valence electrons. The summed E-state index contributed by atoms with van der Waals surface area (Å²) in [5.74, 6) is -3.49. The fourth-order valence-electron chi connectivity index (χ4n) is 4.51. The number of primary amides is 1. The molecule has 2 atom stereocenters. The Morgan fingerprint density at radius 3 is 2.14 bits per heavy atom. The summed E-state index contributed by atoms with van der Waals surface area (Å²) in [7, 11) is 0. The van der Waals surface area contributed by atoms with Crippen LogP contribution in [0.1, 0.15) is 70.4 Å². The third kappa shape index (κ3) is 8.05. The summed E-state index contributed by atoms with van der Waals surface area (Å²) in [5, 5.41) is 17.1. The van der Waals surface area contributed by atoms with Crippen molar-refractivity contribution in [2.24, 2.45) is 28.5 Å². The molecule has 0 saturated carbocycles. The molecule has 2 heterocycles. The van der Waals surface area contributed by atoms with E-state index in [1.165, 1.54) is 23.2 Å². The van der Waals surface area contributed by atoms with Crippen molar-refractivity contribution in [1.82, 2.24) is 9.88 Å². The number of likely N-dealkylation sites (tertiary alicyclic amines) is 1. The van der Waals surface area contributed by atoms with Crippen LogP contribution in [-0.4, -0.2) is 75.2 Å². The van der Waals surface area contributed by atoms with Gasteiger partial charge in [-0.15, -0.1) is 0 Å². The van der Waals surface area contributed by atoms with Gasteiger partial charge in [-0.3, -0.25) is 29.7 Å². The second-order valence-corrected chi connectivity index (χ2v) is 11.0. The van der Waals surface area contributed by atoms with Crippen LogP contribution in [0.4, 0.5) is 0 Å². The lowest BCUT2D eigenvalue weighted by Gasteiger charge is -2.52. The molecule has 12 heteroatoms. The number of nitrogens with one attached hydrogen (secondary N) is 1. The third-order valence-electron chi connectivity index (χ3n) is 5.97. The molecule has 1 saturated heterocycles. The van der Waals surface area contributed by atoms with E-state index in [4.69, 9.17) is 27.3 Å². The molecule has 1 aromatic rings. The number of carboxylic acid groups (broad SMARTS) is 1. The number of carbonyl (C=O) groups excluding carboxylic acids is 3. The maximum atomic E-state index is 12.8. The van der Waals surface area contributed by atoms with E-state index in [-0.39, 0.29) is 18.9 Å². The number of carbonyl (C=O) groups is 4. The summed E-state index contributed by atoms with van der Waals surface area (Å²) in [6.45, 7) is 10.7. The zero-order valence-corrected chi connectivity index (χ0v) is 22.5. The van der Waals surface area contributed by atoms with E-state index in [1.807, 2.05) is 20.8 Å². The van der Waals surface area contributed by atoms with Gasteiger partial charge in [-0.2, -0.15) is 0 Å². The lowest BCUT2D eigenvalue weighted by Crippen LogP contribution is -2.71. The van der Waals surface area contributed by atoms with Crippen LogP contribution in [0, 0.1) is 16.7 Å². The number of aromatic nitrogens is 1. The molecular weight excluding hydrogens is 480 g/mol. The number of nitrogens with two attached hydrogens (primary N) is 3. The van der Waals surface area contributed by atoms with E-state index >= 15 is 0 Å². The Balaban J connectivity index is 0.000000474. The monoisotopic (exact) mass is 520 g/mol. The highest BCUT2D eigenvalue weighted by atomic mass is 16.6. The van der Waals surface area contributed by atoms with Gasteiger partial charge in [0.15, 0.2) is 11.3 Å². The van der Waals surface area contributed by atoms with Crippen LogP contribution < -0.4 is 17.2 Å². The van der Waals surface area contributed by atoms with Crippen molar-refractivity contribution in [1.29, 1.82) is 5.41 Å². The highest BCUT2D eigenvalue weighted by molar-refractivity contribution is 6.09. The van der Waals surface area contributed by atoms with Crippen LogP contribution in [0.3, 0.4) is 0 Å². The molecule has 2 unspecified atom stereocenters. The number of hydrogen-bond donors (Lipinski definition) is 5. The number of ether oxygens (including phenoxy) is 1. The molecule has 0 aliphatic carbocycles. The zero-order valence-electron chi connectivity index (χ0n) is 22.5. The van der Waals surface area contributed by atoms with Crippen LogP contribution in [0.2, 0.25) is 0 Å². The lowest BCUT2D eigenvalue weighted by molar-refractivity contribution is -0.176. The van der Waals surface area contributed by atoms with Gasteiger partial charge in [-0.05, 0) is 51.2 Å². The first-order chi connectivity index (χ1) is 16.9. The van der Waals surface area contributed by atoms with E-state index < -0.39 is 46.1 Å². The number of hydrogen-bond acceptors (Lipinski definition) is 9. The van der Waals surface area contributed by atoms with Gasteiger partial charge in [0.25, 0.3) is 0 Å². The number of pyridine rings is 1. The maximum absolute atomic E-state index is 12.8. The molecule has 1 aliphatic rings. The number of carboxylic acids is 1. The average molecular weight is 521 g/mol. The number of ketones is 1.